The molecule has 2 N–H and O–H groups in total. The molecule has 0 atom stereocenters. The van der Waals surface area contributed by atoms with Gasteiger partial charge in [-0.2, -0.15) is 0 Å². The molecule has 0 saturated carbocycles. The maximum atomic E-state index is 12.1. The first-order valence-electron chi connectivity index (χ1n) is 7.39. The third kappa shape index (κ3) is 4.35. The molecule has 2 aromatic carbocycles. The van der Waals surface area contributed by atoms with E-state index in [1.165, 1.54) is 11.0 Å². The Hall–Kier alpha value is -2.97. The first-order chi connectivity index (χ1) is 12.5. The van der Waals surface area contributed by atoms with E-state index in [4.69, 9.17) is 23.2 Å². The number of amides is 2. The lowest BCUT2D eigenvalue weighted by Crippen LogP contribution is -2.42. The van der Waals surface area contributed by atoms with Gasteiger partial charge in [-0.1, -0.05) is 29.3 Å². The van der Waals surface area contributed by atoms with Gasteiger partial charge in [0.15, 0.2) is 0 Å². The summed E-state index contributed by atoms with van der Waals surface area (Å²) in [7, 11) is 0. The normalized spacial score (nSPS) is 10.4. The number of tetrazole rings is 1. The van der Waals surface area contributed by atoms with E-state index in [-0.39, 0.29) is 6.42 Å². The van der Waals surface area contributed by atoms with E-state index in [0.717, 1.165) is 0 Å². The lowest BCUT2D eigenvalue weighted by Gasteiger charge is -2.09. The topological polar surface area (TPSA) is 102 Å². The molecular formula is C16H12Cl2N6O2. The number of hydrogen-bond acceptors (Lipinski definition) is 5. The third-order valence-corrected chi connectivity index (χ3v) is 4.01. The SMILES string of the molecule is O=C(Cc1ccc(Cl)cc1Cl)NNC(=O)c1ccc(-n2cnnn2)cc1. The number of carbonyl (C=O) groups excluding carboxylic acids is 2. The Labute approximate surface area is 158 Å². The molecule has 1 aromatic heterocycles. The van der Waals surface area contributed by atoms with Crippen molar-refractivity contribution in [3.63, 3.8) is 0 Å². The summed E-state index contributed by atoms with van der Waals surface area (Å²) in [5.41, 5.74) is 6.37. The minimum atomic E-state index is -0.455. The summed E-state index contributed by atoms with van der Waals surface area (Å²) in [5.74, 6) is -0.864. The minimum Gasteiger partial charge on any atom is -0.273 e. The van der Waals surface area contributed by atoms with Crippen molar-refractivity contribution in [3.05, 3.63) is 70.0 Å². The van der Waals surface area contributed by atoms with Gasteiger partial charge in [0, 0.05) is 15.6 Å². The average molecular weight is 391 g/mol. The predicted octanol–water partition coefficient (Wildman–Crippen LogP) is 1.97. The molecule has 0 radical (unpaired) electrons. The van der Waals surface area contributed by atoms with Crippen LogP contribution in [0.25, 0.3) is 5.69 Å². The smallest absolute Gasteiger partial charge is 0.269 e. The van der Waals surface area contributed by atoms with Gasteiger partial charge in [-0.05, 0) is 52.4 Å². The number of hydrazine groups is 1. The van der Waals surface area contributed by atoms with E-state index in [1.807, 2.05) is 0 Å². The van der Waals surface area contributed by atoms with Crippen LogP contribution in [0.3, 0.4) is 0 Å². The maximum absolute atomic E-state index is 12.1. The molecule has 132 valence electrons. The van der Waals surface area contributed by atoms with Gasteiger partial charge >= 0.3 is 0 Å². The number of aromatic nitrogens is 4. The zero-order valence-corrected chi connectivity index (χ0v) is 14.7. The summed E-state index contributed by atoms with van der Waals surface area (Å²) in [5, 5.41) is 11.7. The molecule has 0 unspecified atom stereocenters. The molecule has 26 heavy (non-hydrogen) atoms. The van der Waals surface area contributed by atoms with Gasteiger partial charge in [-0.25, -0.2) is 4.68 Å². The highest BCUT2D eigenvalue weighted by atomic mass is 35.5. The molecule has 0 aliphatic heterocycles. The number of carbonyl (C=O) groups is 2. The Morgan fingerprint density at radius 3 is 2.46 bits per heavy atom. The highest BCUT2D eigenvalue weighted by Gasteiger charge is 2.10. The fourth-order valence-corrected chi connectivity index (χ4v) is 2.60. The van der Waals surface area contributed by atoms with Crippen molar-refractivity contribution >= 4 is 35.0 Å². The highest BCUT2D eigenvalue weighted by Crippen LogP contribution is 2.21. The van der Waals surface area contributed by atoms with E-state index >= 15 is 0 Å². The van der Waals surface area contributed by atoms with Crippen molar-refractivity contribution in [1.82, 2.24) is 31.1 Å². The van der Waals surface area contributed by atoms with Crippen molar-refractivity contribution in [1.29, 1.82) is 0 Å². The van der Waals surface area contributed by atoms with Crippen LogP contribution in [0.2, 0.25) is 10.0 Å². The number of nitrogens with zero attached hydrogens (tertiary/aromatic N) is 4. The summed E-state index contributed by atoms with van der Waals surface area (Å²) in [6, 6.07) is 11.4. The van der Waals surface area contributed by atoms with Crippen LogP contribution in [-0.2, 0) is 11.2 Å². The summed E-state index contributed by atoms with van der Waals surface area (Å²) >= 11 is 11.8. The number of rotatable bonds is 4. The van der Waals surface area contributed by atoms with Crippen LogP contribution in [0, 0.1) is 0 Å². The quantitative estimate of drug-likeness (QED) is 0.663. The van der Waals surface area contributed by atoms with Gasteiger partial charge in [0.2, 0.25) is 5.91 Å². The number of hydrogen-bond donors (Lipinski definition) is 2. The van der Waals surface area contributed by atoms with Crippen LogP contribution >= 0.6 is 23.2 Å². The Morgan fingerprint density at radius 2 is 1.81 bits per heavy atom. The molecular weight excluding hydrogens is 379 g/mol. The average Bonchev–Trinajstić information content (AvgIpc) is 3.17. The highest BCUT2D eigenvalue weighted by molar-refractivity contribution is 6.35. The van der Waals surface area contributed by atoms with Crippen molar-refractivity contribution < 1.29 is 9.59 Å². The second-order valence-corrected chi connectivity index (χ2v) is 6.06. The second kappa shape index (κ2) is 7.94. The Balaban J connectivity index is 1.55. The minimum absolute atomic E-state index is 0.00845. The molecule has 8 nitrogen and oxygen atoms in total. The van der Waals surface area contributed by atoms with Crippen molar-refractivity contribution in [2.24, 2.45) is 0 Å². The van der Waals surface area contributed by atoms with Gasteiger partial charge in [0.05, 0.1) is 12.1 Å². The summed E-state index contributed by atoms with van der Waals surface area (Å²) in [6.45, 7) is 0. The van der Waals surface area contributed by atoms with Gasteiger partial charge < -0.3 is 0 Å². The van der Waals surface area contributed by atoms with E-state index in [0.29, 0.717) is 26.9 Å². The Bertz CT molecular complexity index is 928. The number of benzene rings is 2. The molecule has 3 rings (SSSR count). The predicted molar refractivity (Wildman–Crippen MR) is 94.9 cm³/mol. The molecule has 0 spiro atoms. The molecule has 1 heterocycles. The van der Waals surface area contributed by atoms with Gasteiger partial charge in [0.25, 0.3) is 5.91 Å². The molecule has 10 heteroatoms. The van der Waals surface area contributed by atoms with Crippen molar-refractivity contribution in [2.45, 2.75) is 6.42 Å². The first kappa shape index (κ1) is 17.8. The van der Waals surface area contributed by atoms with Crippen LogP contribution < -0.4 is 10.9 Å². The zero-order valence-electron chi connectivity index (χ0n) is 13.2. The van der Waals surface area contributed by atoms with Crippen molar-refractivity contribution in [3.8, 4) is 5.69 Å². The largest absolute Gasteiger partial charge is 0.273 e. The lowest BCUT2D eigenvalue weighted by atomic mass is 10.1. The summed E-state index contributed by atoms with van der Waals surface area (Å²) in [6.07, 6.45) is 1.45. The molecule has 3 aromatic rings. The van der Waals surface area contributed by atoms with Crippen LogP contribution in [0.1, 0.15) is 15.9 Å². The van der Waals surface area contributed by atoms with Gasteiger partial charge in [-0.3, -0.25) is 20.4 Å². The molecule has 0 aliphatic carbocycles. The van der Waals surface area contributed by atoms with E-state index < -0.39 is 11.8 Å². The molecule has 0 aliphatic rings. The van der Waals surface area contributed by atoms with Gasteiger partial charge in [0.1, 0.15) is 6.33 Å². The van der Waals surface area contributed by atoms with E-state index in [2.05, 4.69) is 26.4 Å². The Morgan fingerprint density at radius 1 is 1.04 bits per heavy atom. The fraction of sp³-hybridized carbons (Fsp3) is 0.0625. The van der Waals surface area contributed by atoms with Crippen LogP contribution in [0.4, 0.5) is 0 Å². The summed E-state index contributed by atoms with van der Waals surface area (Å²) < 4.78 is 1.46. The maximum Gasteiger partial charge on any atom is 0.269 e. The van der Waals surface area contributed by atoms with Crippen LogP contribution in [-0.4, -0.2) is 32.0 Å². The monoisotopic (exact) mass is 390 g/mol. The molecule has 2 amide bonds. The lowest BCUT2D eigenvalue weighted by molar-refractivity contribution is -0.121. The molecule has 0 fully saturated rings. The van der Waals surface area contributed by atoms with Gasteiger partial charge in [-0.15, -0.1) is 5.10 Å². The standard InChI is InChI=1S/C16H12Cl2N6O2/c17-12-4-1-11(14(18)8-12)7-15(25)20-21-16(26)10-2-5-13(6-3-10)24-9-19-22-23-24/h1-6,8-9H,7H2,(H,20,25)(H,21,26). The molecule has 0 bridgehead atoms. The fourth-order valence-electron chi connectivity index (χ4n) is 2.13. The van der Waals surface area contributed by atoms with Crippen LogP contribution in [0.5, 0.6) is 0 Å². The third-order valence-electron chi connectivity index (χ3n) is 3.42. The first-order valence-corrected chi connectivity index (χ1v) is 8.15. The van der Waals surface area contributed by atoms with Crippen molar-refractivity contribution in [2.75, 3.05) is 0 Å². The summed E-state index contributed by atoms with van der Waals surface area (Å²) in [4.78, 5) is 24.0. The number of nitrogens with one attached hydrogen (secondary N) is 2. The van der Waals surface area contributed by atoms with E-state index in [9.17, 15) is 9.59 Å². The molecule has 0 saturated heterocycles. The van der Waals surface area contributed by atoms with Crippen LogP contribution in [0.15, 0.2) is 48.8 Å². The number of halogens is 2. The second-order valence-electron chi connectivity index (χ2n) is 5.22. The Kier molecular flexibility index (Phi) is 5.45. The van der Waals surface area contributed by atoms with E-state index in [1.54, 1.807) is 42.5 Å². The zero-order chi connectivity index (χ0) is 18.5.